The first-order chi connectivity index (χ1) is 9.98. The third-order valence-electron chi connectivity index (χ3n) is 2.92. The summed E-state index contributed by atoms with van der Waals surface area (Å²) < 4.78 is 4.84. The van der Waals surface area contributed by atoms with E-state index in [2.05, 4.69) is 6.58 Å². The van der Waals surface area contributed by atoms with Crippen molar-refractivity contribution < 1.29 is 49.4 Å². The second kappa shape index (κ2) is 7.41. The molecular formula is C12H16O10. The van der Waals surface area contributed by atoms with E-state index in [0.29, 0.717) is 6.26 Å². The lowest BCUT2D eigenvalue weighted by atomic mass is 9.73. The van der Waals surface area contributed by atoms with Gasteiger partial charge in [-0.1, -0.05) is 6.58 Å². The molecular weight excluding hydrogens is 304 g/mol. The Kier molecular flexibility index (Phi) is 6.52. The third-order valence-corrected chi connectivity index (χ3v) is 2.92. The second-order valence-electron chi connectivity index (χ2n) is 4.59. The summed E-state index contributed by atoms with van der Waals surface area (Å²) in [7, 11) is 0. The minimum atomic E-state index is -2.78. The molecule has 0 unspecified atom stereocenters. The summed E-state index contributed by atoms with van der Waals surface area (Å²) in [4.78, 5) is 43.7. The molecule has 0 aromatic carbocycles. The molecule has 0 aromatic heterocycles. The molecule has 22 heavy (non-hydrogen) atoms. The van der Waals surface area contributed by atoms with Gasteiger partial charge in [0, 0.05) is 0 Å². The summed E-state index contributed by atoms with van der Waals surface area (Å²) in [5.41, 5.74) is -5.29. The van der Waals surface area contributed by atoms with E-state index in [1.54, 1.807) is 0 Å². The standard InChI is InChI=1S/C12H16O10/c1-2-22-12(5-9(17)18,6-10(19)20)11(21,3-7(13)14)4-8(15)16/h2,21H,1,3-6H2,(H,13,14)(H,15,16)(H,17,18)(H,19,20). The first kappa shape index (κ1) is 19.4. The van der Waals surface area contributed by atoms with Crippen LogP contribution in [0.15, 0.2) is 12.8 Å². The van der Waals surface area contributed by atoms with Crippen LogP contribution in [0, 0.1) is 0 Å². The van der Waals surface area contributed by atoms with Crippen molar-refractivity contribution in [3.63, 3.8) is 0 Å². The summed E-state index contributed by atoms with van der Waals surface area (Å²) >= 11 is 0. The third kappa shape index (κ3) is 5.05. The van der Waals surface area contributed by atoms with E-state index < -0.39 is 60.8 Å². The minimum Gasteiger partial charge on any atom is -0.491 e. The van der Waals surface area contributed by atoms with E-state index in [9.17, 15) is 24.3 Å². The highest BCUT2D eigenvalue weighted by Crippen LogP contribution is 2.39. The Morgan fingerprint density at radius 1 is 0.818 bits per heavy atom. The quantitative estimate of drug-likeness (QED) is 0.312. The van der Waals surface area contributed by atoms with Gasteiger partial charge >= 0.3 is 23.9 Å². The smallest absolute Gasteiger partial charge is 0.307 e. The minimum absolute atomic E-state index is 0.626. The number of aliphatic carboxylic acids is 4. The van der Waals surface area contributed by atoms with Gasteiger partial charge in [0.25, 0.3) is 0 Å². The van der Waals surface area contributed by atoms with Crippen molar-refractivity contribution in [3.8, 4) is 0 Å². The van der Waals surface area contributed by atoms with E-state index in [1.165, 1.54) is 0 Å². The predicted molar refractivity (Wildman–Crippen MR) is 68.0 cm³/mol. The molecule has 0 bridgehead atoms. The number of rotatable bonds is 11. The maximum absolute atomic E-state index is 11.0. The molecule has 0 aromatic rings. The zero-order valence-electron chi connectivity index (χ0n) is 11.4. The zero-order valence-corrected chi connectivity index (χ0v) is 11.4. The Bertz CT molecular complexity index is 448. The Labute approximate surface area is 124 Å². The van der Waals surface area contributed by atoms with Gasteiger partial charge in [-0.2, -0.15) is 0 Å². The molecule has 0 aliphatic carbocycles. The first-order valence-corrected chi connectivity index (χ1v) is 5.86. The largest absolute Gasteiger partial charge is 0.491 e. The second-order valence-corrected chi connectivity index (χ2v) is 4.59. The molecule has 0 aliphatic rings. The average molecular weight is 320 g/mol. The van der Waals surface area contributed by atoms with Gasteiger partial charge < -0.3 is 30.3 Å². The highest BCUT2D eigenvalue weighted by molar-refractivity contribution is 5.77. The molecule has 0 saturated heterocycles. The van der Waals surface area contributed by atoms with E-state index >= 15 is 0 Å². The normalized spacial score (nSPS) is 11.5. The SMILES string of the molecule is C=COC(CC(=O)O)(CC(=O)O)C(O)(CC(=O)O)CC(=O)O. The van der Waals surface area contributed by atoms with Gasteiger partial charge in [0.05, 0.1) is 31.9 Å². The van der Waals surface area contributed by atoms with Crippen LogP contribution in [0.1, 0.15) is 25.7 Å². The number of carboxylic acid groups (broad SMARTS) is 4. The van der Waals surface area contributed by atoms with Gasteiger partial charge in [-0.15, -0.1) is 0 Å². The Morgan fingerprint density at radius 3 is 1.36 bits per heavy atom. The van der Waals surface area contributed by atoms with Gasteiger partial charge in [0.15, 0.2) is 5.60 Å². The molecule has 5 N–H and O–H groups in total. The molecule has 10 nitrogen and oxygen atoms in total. The van der Waals surface area contributed by atoms with Crippen molar-refractivity contribution >= 4 is 23.9 Å². The van der Waals surface area contributed by atoms with Gasteiger partial charge in [-0.3, -0.25) is 19.2 Å². The van der Waals surface area contributed by atoms with Gasteiger partial charge in [-0.25, -0.2) is 0 Å². The predicted octanol–water partition coefficient (Wildman–Crippen LogP) is -0.485. The summed E-state index contributed by atoms with van der Waals surface area (Å²) in [6.45, 7) is 3.12. The molecule has 10 heteroatoms. The fraction of sp³-hybridized carbons (Fsp3) is 0.500. The molecule has 124 valence electrons. The van der Waals surface area contributed by atoms with E-state index in [1.807, 2.05) is 0 Å². The molecule has 0 spiro atoms. The van der Waals surface area contributed by atoms with Gasteiger partial charge in [0.2, 0.25) is 0 Å². The topological polar surface area (TPSA) is 179 Å². The lowest BCUT2D eigenvalue weighted by Gasteiger charge is -2.43. The molecule has 0 rings (SSSR count). The highest BCUT2D eigenvalue weighted by Gasteiger charge is 2.57. The number of aliphatic hydroxyl groups is 1. The van der Waals surface area contributed by atoms with E-state index in [4.69, 9.17) is 25.2 Å². The number of hydrogen-bond donors (Lipinski definition) is 5. The van der Waals surface area contributed by atoms with E-state index in [0.717, 1.165) is 0 Å². The monoisotopic (exact) mass is 320 g/mol. The van der Waals surface area contributed by atoms with Crippen molar-refractivity contribution in [2.75, 3.05) is 0 Å². The van der Waals surface area contributed by atoms with Crippen LogP contribution in [-0.4, -0.2) is 60.6 Å². The van der Waals surface area contributed by atoms with E-state index in [-0.39, 0.29) is 0 Å². The Balaban J connectivity index is 6.12. The van der Waals surface area contributed by atoms with Crippen LogP contribution < -0.4 is 0 Å². The van der Waals surface area contributed by atoms with Gasteiger partial charge in [0.1, 0.15) is 5.60 Å². The molecule has 0 radical (unpaired) electrons. The Hall–Kier alpha value is -2.62. The fourth-order valence-electron chi connectivity index (χ4n) is 2.12. The van der Waals surface area contributed by atoms with Crippen LogP contribution in [0.5, 0.6) is 0 Å². The lowest BCUT2D eigenvalue weighted by molar-refractivity contribution is -0.199. The van der Waals surface area contributed by atoms with Crippen molar-refractivity contribution in [1.82, 2.24) is 0 Å². The van der Waals surface area contributed by atoms with Crippen LogP contribution in [0.2, 0.25) is 0 Å². The van der Waals surface area contributed by atoms with Crippen LogP contribution in [-0.2, 0) is 23.9 Å². The van der Waals surface area contributed by atoms with Crippen LogP contribution in [0.3, 0.4) is 0 Å². The van der Waals surface area contributed by atoms with Gasteiger partial charge in [-0.05, 0) is 0 Å². The van der Waals surface area contributed by atoms with Crippen molar-refractivity contribution in [3.05, 3.63) is 12.8 Å². The van der Waals surface area contributed by atoms with Crippen molar-refractivity contribution in [2.24, 2.45) is 0 Å². The molecule has 0 saturated carbocycles. The number of carbonyl (C=O) groups is 4. The zero-order chi connectivity index (χ0) is 17.6. The lowest BCUT2D eigenvalue weighted by Crippen LogP contribution is -2.59. The fourth-order valence-corrected chi connectivity index (χ4v) is 2.12. The summed E-state index contributed by atoms with van der Waals surface area (Å²) in [5.74, 6) is -6.54. The van der Waals surface area contributed by atoms with Crippen LogP contribution in [0.25, 0.3) is 0 Å². The summed E-state index contributed by atoms with van der Waals surface area (Å²) in [6.07, 6.45) is -4.10. The number of carboxylic acids is 4. The van der Waals surface area contributed by atoms with Crippen LogP contribution in [0.4, 0.5) is 0 Å². The summed E-state index contributed by atoms with van der Waals surface area (Å²) in [6, 6.07) is 0. The molecule has 0 aliphatic heterocycles. The summed E-state index contributed by atoms with van der Waals surface area (Å²) in [5, 5.41) is 45.9. The highest BCUT2D eigenvalue weighted by atomic mass is 16.5. The first-order valence-electron chi connectivity index (χ1n) is 5.86. The maximum atomic E-state index is 11.0. The average Bonchev–Trinajstić information content (AvgIpc) is 2.24. The van der Waals surface area contributed by atoms with Crippen molar-refractivity contribution in [1.29, 1.82) is 0 Å². The molecule has 0 heterocycles. The molecule has 0 amide bonds. The van der Waals surface area contributed by atoms with Crippen LogP contribution >= 0.6 is 0 Å². The molecule has 0 atom stereocenters. The molecule has 0 fully saturated rings. The maximum Gasteiger partial charge on any atom is 0.307 e. The number of hydrogen-bond acceptors (Lipinski definition) is 6. The Morgan fingerprint density at radius 2 is 1.14 bits per heavy atom. The number of ether oxygens (including phenoxy) is 1. The van der Waals surface area contributed by atoms with Crippen molar-refractivity contribution in [2.45, 2.75) is 36.9 Å².